The molecule has 1 N–H and O–H groups in total. The molecule has 0 amide bonds. The average Bonchev–Trinajstić information content (AvgIpc) is 2.27. The highest BCUT2D eigenvalue weighted by Gasteiger charge is 2.24. The number of ether oxygens (including phenoxy) is 1. The van der Waals surface area contributed by atoms with Gasteiger partial charge < -0.3 is 15.0 Å². The van der Waals surface area contributed by atoms with Crippen molar-refractivity contribution in [2.45, 2.75) is 46.3 Å². The van der Waals surface area contributed by atoms with Crippen molar-refractivity contribution in [1.29, 1.82) is 0 Å². The predicted octanol–water partition coefficient (Wildman–Crippen LogP) is 1.73. The smallest absolute Gasteiger partial charge is 0.0671 e. The number of rotatable bonds is 6. The second-order valence-corrected chi connectivity index (χ2v) is 4.94. The van der Waals surface area contributed by atoms with Crippen molar-refractivity contribution in [2.24, 2.45) is 5.92 Å². The van der Waals surface area contributed by atoms with Crippen molar-refractivity contribution in [3.8, 4) is 0 Å². The third kappa shape index (κ3) is 4.40. The van der Waals surface area contributed by atoms with Crippen LogP contribution in [0, 0.1) is 5.92 Å². The molecule has 1 heterocycles. The van der Waals surface area contributed by atoms with Crippen molar-refractivity contribution in [3.63, 3.8) is 0 Å². The Bertz CT molecular complexity index is 187. The zero-order valence-corrected chi connectivity index (χ0v) is 11.3. The first kappa shape index (κ1) is 13.9. The number of piperidine rings is 1. The molecule has 1 fully saturated rings. The van der Waals surface area contributed by atoms with E-state index < -0.39 is 0 Å². The number of hydrogen-bond acceptors (Lipinski definition) is 3. The topological polar surface area (TPSA) is 24.5 Å². The maximum atomic E-state index is 5.54. The highest BCUT2D eigenvalue weighted by molar-refractivity contribution is 4.82. The molecule has 16 heavy (non-hydrogen) atoms. The summed E-state index contributed by atoms with van der Waals surface area (Å²) in [4.78, 5) is 2.54. The summed E-state index contributed by atoms with van der Waals surface area (Å²) in [7, 11) is 0. The van der Waals surface area contributed by atoms with E-state index in [1.54, 1.807) is 0 Å². The molecule has 0 bridgehead atoms. The monoisotopic (exact) mass is 228 g/mol. The van der Waals surface area contributed by atoms with Gasteiger partial charge >= 0.3 is 0 Å². The van der Waals surface area contributed by atoms with E-state index in [0.29, 0.717) is 12.1 Å². The van der Waals surface area contributed by atoms with Crippen LogP contribution in [0.15, 0.2) is 0 Å². The first-order chi connectivity index (χ1) is 7.67. The van der Waals surface area contributed by atoms with Crippen LogP contribution in [0.2, 0.25) is 0 Å². The molecule has 1 rings (SSSR count). The van der Waals surface area contributed by atoms with Crippen LogP contribution in [-0.2, 0) is 4.74 Å². The van der Waals surface area contributed by atoms with Gasteiger partial charge in [-0.25, -0.2) is 0 Å². The molecule has 0 saturated carbocycles. The molecule has 0 aromatic heterocycles. The van der Waals surface area contributed by atoms with Crippen LogP contribution >= 0.6 is 0 Å². The van der Waals surface area contributed by atoms with E-state index in [2.05, 4.69) is 37.9 Å². The molecule has 3 nitrogen and oxygen atoms in total. The molecule has 0 aliphatic carbocycles. The number of likely N-dealkylation sites (tertiary alicyclic amines) is 1. The maximum Gasteiger partial charge on any atom is 0.0671 e. The van der Waals surface area contributed by atoms with Crippen LogP contribution in [0.4, 0.5) is 0 Å². The minimum Gasteiger partial charge on any atom is -0.377 e. The second-order valence-electron chi connectivity index (χ2n) is 4.94. The number of nitrogens with zero attached hydrogens (tertiary/aromatic N) is 1. The van der Waals surface area contributed by atoms with Gasteiger partial charge in [0, 0.05) is 25.7 Å². The van der Waals surface area contributed by atoms with Gasteiger partial charge in [0.2, 0.25) is 0 Å². The molecule has 1 saturated heterocycles. The number of hydrogen-bond donors (Lipinski definition) is 1. The summed E-state index contributed by atoms with van der Waals surface area (Å²) in [5.41, 5.74) is 0. The Labute approximate surface area is 101 Å². The molecule has 96 valence electrons. The molecule has 3 unspecified atom stereocenters. The van der Waals surface area contributed by atoms with Crippen LogP contribution in [0.25, 0.3) is 0 Å². The van der Waals surface area contributed by atoms with Gasteiger partial charge in [-0.2, -0.15) is 0 Å². The predicted molar refractivity (Wildman–Crippen MR) is 68.8 cm³/mol. The van der Waals surface area contributed by atoms with E-state index in [1.165, 1.54) is 26.1 Å². The van der Waals surface area contributed by atoms with Gasteiger partial charge in [-0.05, 0) is 39.3 Å². The SMILES string of the molecule is CCOC(C)CNC1CCN(CC)CC1C. The average molecular weight is 228 g/mol. The summed E-state index contributed by atoms with van der Waals surface area (Å²) < 4.78 is 5.54. The van der Waals surface area contributed by atoms with Gasteiger partial charge in [-0.1, -0.05) is 13.8 Å². The molecule has 3 atom stereocenters. The lowest BCUT2D eigenvalue weighted by Crippen LogP contribution is -2.49. The van der Waals surface area contributed by atoms with Gasteiger partial charge in [0.1, 0.15) is 0 Å². The zero-order chi connectivity index (χ0) is 12.0. The highest BCUT2D eigenvalue weighted by Crippen LogP contribution is 2.16. The first-order valence-corrected chi connectivity index (χ1v) is 6.74. The molecule has 0 aromatic rings. The van der Waals surface area contributed by atoms with Crippen LogP contribution in [0.5, 0.6) is 0 Å². The highest BCUT2D eigenvalue weighted by atomic mass is 16.5. The standard InChI is InChI=1S/C13H28N2O/c1-5-15-8-7-13(11(3)10-15)14-9-12(4)16-6-2/h11-14H,5-10H2,1-4H3. The minimum absolute atomic E-state index is 0.335. The van der Waals surface area contributed by atoms with Crippen molar-refractivity contribution in [1.82, 2.24) is 10.2 Å². The van der Waals surface area contributed by atoms with E-state index in [0.717, 1.165) is 19.1 Å². The van der Waals surface area contributed by atoms with E-state index in [9.17, 15) is 0 Å². The molecule has 0 aromatic carbocycles. The van der Waals surface area contributed by atoms with Crippen LogP contribution in [-0.4, -0.2) is 49.8 Å². The van der Waals surface area contributed by atoms with E-state index in [1.807, 2.05) is 0 Å². The fourth-order valence-corrected chi connectivity index (χ4v) is 2.48. The first-order valence-electron chi connectivity index (χ1n) is 6.74. The summed E-state index contributed by atoms with van der Waals surface area (Å²) in [6.45, 7) is 14.2. The van der Waals surface area contributed by atoms with E-state index >= 15 is 0 Å². The molecule has 3 heteroatoms. The van der Waals surface area contributed by atoms with Gasteiger partial charge in [-0.15, -0.1) is 0 Å². The summed E-state index contributed by atoms with van der Waals surface area (Å²) in [6, 6.07) is 0.672. The van der Waals surface area contributed by atoms with Crippen LogP contribution < -0.4 is 5.32 Å². The normalized spacial score (nSPS) is 29.2. The fraction of sp³-hybridized carbons (Fsp3) is 1.00. The lowest BCUT2D eigenvalue weighted by atomic mass is 9.94. The second kappa shape index (κ2) is 7.25. The fourth-order valence-electron chi connectivity index (χ4n) is 2.48. The van der Waals surface area contributed by atoms with Gasteiger partial charge in [0.05, 0.1) is 6.10 Å². The zero-order valence-electron chi connectivity index (χ0n) is 11.3. The Hall–Kier alpha value is -0.120. The quantitative estimate of drug-likeness (QED) is 0.749. The Morgan fingerprint density at radius 1 is 1.44 bits per heavy atom. The Balaban J connectivity index is 2.22. The maximum absolute atomic E-state index is 5.54. The van der Waals surface area contributed by atoms with Crippen molar-refractivity contribution in [2.75, 3.05) is 32.8 Å². The lowest BCUT2D eigenvalue weighted by Gasteiger charge is -2.37. The van der Waals surface area contributed by atoms with Crippen LogP contribution in [0.3, 0.4) is 0 Å². The van der Waals surface area contributed by atoms with E-state index in [4.69, 9.17) is 4.74 Å². The lowest BCUT2D eigenvalue weighted by molar-refractivity contribution is 0.0666. The molecule has 1 aliphatic rings. The summed E-state index contributed by atoms with van der Waals surface area (Å²) in [5.74, 6) is 0.752. The number of nitrogens with one attached hydrogen (secondary N) is 1. The molecular formula is C13H28N2O. The van der Waals surface area contributed by atoms with Gasteiger partial charge in [0.15, 0.2) is 0 Å². The van der Waals surface area contributed by atoms with Crippen molar-refractivity contribution in [3.05, 3.63) is 0 Å². The third-order valence-corrected chi connectivity index (χ3v) is 3.56. The molecular weight excluding hydrogens is 200 g/mol. The Morgan fingerprint density at radius 3 is 2.75 bits per heavy atom. The van der Waals surface area contributed by atoms with Crippen molar-refractivity contribution < 1.29 is 4.74 Å². The van der Waals surface area contributed by atoms with Gasteiger partial charge in [-0.3, -0.25) is 0 Å². The largest absolute Gasteiger partial charge is 0.377 e. The van der Waals surface area contributed by atoms with E-state index in [-0.39, 0.29) is 0 Å². The summed E-state index contributed by atoms with van der Waals surface area (Å²) >= 11 is 0. The Kier molecular flexibility index (Phi) is 6.32. The molecule has 1 aliphatic heterocycles. The third-order valence-electron chi connectivity index (χ3n) is 3.56. The van der Waals surface area contributed by atoms with Gasteiger partial charge in [0.25, 0.3) is 0 Å². The summed E-state index contributed by atoms with van der Waals surface area (Å²) in [5, 5.41) is 3.65. The van der Waals surface area contributed by atoms with Crippen molar-refractivity contribution >= 4 is 0 Å². The van der Waals surface area contributed by atoms with Crippen LogP contribution in [0.1, 0.15) is 34.1 Å². The molecule has 0 radical (unpaired) electrons. The molecule has 0 spiro atoms. The minimum atomic E-state index is 0.335. The Morgan fingerprint density at radius 2 is 2.19 bits per heavy atom. The summed E-state index contributed by atoms with van der Waals surface area (Å²) in [6.07, 6.45) is 1.61.